The van der Waals surface area contributed by atoms with E-state index >= 15 is 0 Å². The lowest BCUT2D eigenvalue weighted by molar-refractivity contribution is 0.210. The van der Waals surface area contributed by atoms with Crippen molar-refractivity contribution in [1.82, 2.24) is 4.98 Å². The van der Waals surface area contributed by atoms with Gasteiger partial charge < -0.3 is 15.8 Å². The number of hydrogen-bond donors (Lipinski definition) is 2. The number of rotatable bonds is 2. The zero-order valence-corrected chi connectivity index (χ0v) is 12.6. The lowest BCUT2D eigenvalue weighted by atomic mass is 10.1. The molecule has 22 heavy (non-hydrogen) atoms. The van der Waals surface area contributed by atoms with Crippen molar-refractivity contribution in [2.45, 2.75) is 6.10 Å². The van der Waals surface area contributed by atoms with Gasteiger partial charge in [-0.25, -0.2) is 4.98 Å². The van der Waals surface area contributed by atoms with Crippen LogP contribution in [0.5, 0.6) is 5.75 Å². The highest BCUT2D eigenvalue weighted by molar-refractivity contribution is 7.13. The molecular formula is C17H15N3OS. The Bertz CT molecular complexity index is 801. The fourth-order valence-electron chi connectivity index (χ4n) is 2.60. The Kier molecular flexibility index (Phi) is 3.20. The molecule has 1 unspecified atom stereocenters. The number of benzene rings is 2. The van der Waals surface area contributed by atoms with Gasteiger partial charge in [0.1, 0.15) is 11.9 Å². The molecule has 3 aromatic rings. The molecule has 2 aromatic carbocycles. The van der Waals surface area contributed by atoms with E-state index in [1.165, 1.54) is 16.9 Å². The van der Waals surface area contributed by atoms with Crippen LogP contribution in [0.4, 0.5) is 10.8 Å². The lowest BCUT2D eigenvalue weighted by Crippen LogP contribution is -2.23. The zero-order valence-electron chi connectivity index (χ0n) is 11.8. The number of ether oxygens (including phenoxy) is 1. The molecule has 110 valence electrons. The van der Waals surface area contributed by atoms with Gasteiger partial charge in [-0.3, -0.25) is 0 Å². The molecule has 0 saturated carbocycles. The summed E-state index contributed by atoms with van der Waals surface area (Å²) >= 11 is 1.45. The predicted octanol–water partition coefficient (Wildman–Crippen LogP) is 3.94. The molecular weight excluding hydrogens is 294 g/mol. The summed E-state index contributed by atoms with van der Waals surface area (Å²) in [5.74, 6) is 0.868. The molecule has 0 bridgehead atoms. The van der Waals surface area contributed by atoms with Gasteiger partial charge in [-0.15, -0.1) is 11.3 Å². The summed E-state index contributed by atoms with van der Waals surface area (Å²) in [6.45, 7) is 0.750. The second kappa shape index (κ2) is 5.35. The van der Waals surface area contributed by atoms with Gasteiger partial charge in [0, 0.05) is 10.9 Å². The summed E-state index contributed by atoms with van der Waals surface area (Å²) in [5, 5.41) is 6.00. The Labute approximate surface area is 132 Å². The average molecular weight is 309 g/mol. The van der Waals surface area contributed by atoms with E-state index in [-0.39, 0.29) is 6.10 Å². The number of anilines is 2. The van der Waals surface area contributed by atoms with Crippen LogP contribution in [0.2, 0.25) is 0 Å². The highest BCUT2D eigenvalue weighted by atomic mass is 32.1. The van der Waals surface area contributed by atoms with Gasteiger partial charge >= 0.3 is 0 Å². The largest absolute Gasteiger partial charge is 0.482 e. The van der Waals surface area contributed by atoms with Crippen LogP contribution in [0.3, 0.4) is 0 Å². The molecule has 4 rings (SSSR count). The first-order chi connectivity index (χ1) is 10.8. The number of nitrogens with one attached hydrogen (secondary N) is 1. The summed E-state index contributed by atoms with van der Waals surface area (Å²) < 4.78 is 6.11. The SMILES string of the molecule is Nc1nc(-c2ccc3c(c2)NCC(c2ccccc2)O3)cs1. The standard InChI is InChI=1S/C17H15N3OS/c18-17-20-14(10-22-17)12-6-7-15-13(8-12)19-9-16(21-15)11-4-2-1-3-5-11/h1-8,10,16,19H,9H2,(H2,18,20). The Morgan fingerprint density at radius 1 is 1.18 bits per heavy atom. The van der Waals surface area contributed by atoms with E-state index in [0.29, 0.717) is 5.13 Å². The van der Waals surface area contributed by atoms with E-state index < -0.39 is 0 Å². The number of thiazole rings is 1. The minimum atomic E-state index is 0.0365. The maximum atomic E-state index is 6.11. The van der Waals surface area contributed by atoms with Crippen LogP contribution in [0.25, 0.3) is 11.3 Å². The molecule has 0 radical (unpaired) electrons. The maximum absolute atomic E-state index is 6.11. The van der Waals surface area contributed by atoms with Crippen molar-refractivity contribution in [3.8, 4) is 17.0 Å². The van der Waals surface area contributed by atoms with Gasteiger partial charge in [0.25, 0.3) is 0 Å². The maximum Gasteiger partial charge on any atom is 0.180 e. The number of aromatic nitrogens is 1. The lowest BCUT2D eigenvalue weighted by Gasteiger charge is -2.28. The molecule has 1 aromatic heterocycles. The normalized spacial score (nSPS) is 16.5. The third-order valence-corrected chi connectivity index (χ3v) is 4.39. The molecule has 1 aliphatic heterocycles. The Hall–Kier alpha value is -2.53. The van der Waals surface area contributed by atoms with Gasteiger partial charge in [0.2, 0.25) is 0 Å². The van der Waals surface area contributed by atoms with Crippen molar-refractivity contribution in [2.24, 2.45) is 0 Å². The summed E-state index contributed by atoms with van der Waals surface area (Å²) in [7, 11) is 0. The smallest absolute Gasteiger partial charge is 0.180 e. The Morgan fingerprint density at radius 2 is 2.05 bits per heavy atom. The van der Waals surface area contributed by atoms with Crippen molar-refractivity contribution in [3.05, 3.63) is 59.5 Å². The van der Waals surface area contributed by atoms with E-state index in [1.54, 1.807) is 0 Å². The van der Waals surface area contributed by atoms with Crippen LogP contribution in [-0.2, 0) is 0 Å². The first-order valence-corrected chi connectivity index (χ1v) is 7.98. The van der Waals surface area contributed by atoms with Crippen molar-refractivity contribution in [1.29, 1.82) is 0 Å². The fourth-order valence-corrected chi connectivity index (χ4v) is 3.17. The van der Waals surface area contributed by atoms with Crippen molar-refractivity contribution >= 4 is 22.2 Å². The van der Waals surface area contributed by atoms with E-state index in [2.05, 4.69) is 28.5 Å². The van der Waals surface area contributed by atoms with Crippen LogP contribution in [0.15, 0.2) is 53.9 Å². The topological polar surface area (TPSA) is 60.2 Å². The first kappa shape index (κ1) is 13.2. The van der Waals surface area contributed by atoms with Crippen molar-refractivity contribution in [3.63, 3.8) is 0 Å². The van der Waals surface area contributed by atoms with Crippen molar-refractivity contribution < 1.29 is 4.74 Å². The average Bonchev–Trinajstić information content (AvgIpc) is 3.01. The van der Waals surface area contributed by atoms with Crippen LogP contribution in [-0.4, -0.2) is 11.5 Å². The van der Waals surface area contributed by atoms with Gasteiger partial charge in [-0.1, -0.05) is 30.3 Å². The highest BCUT2D eigenvalue weighted by Gasteiger charge is 2.21. The van der Waals surface area contributed by atoms with E-state index in [4.69, 9.17) is 10.5 Å². The molecule has 2 heterocycles. The highest BCUT2D eigenvalue weighted by Crippen LogP contribution is 2.37. The molecule has 0 aliphatic carbocycles. The fraction of sp³-hybridized carbons (Fsp3) is 0.118. The molecule has 0 spiro atoms. The summed E-state index contributed by atoms with van der Waals surface area (Å²) in [4.78, 5) is 4.32. The van der Waals surface area contributed by atoms with Gasteiger partial charge in [-0.05, 0) is 23.8 Å². The Morgan fingerprint density at radius 3 is 2.82 bits per heavy atom. The second-order valence-corrected chi connectivity index (χ2v) is 6.07. The zero-order chi connectivity index (χ0) is 14.9. The number of fused-ring (bicyclic) bond motifs is 1. The number of nitrogens with zero attached hydrogens (tertiary/aromatic N) is 1. The monoisotopic (exact) mass is 309 g/mol. The third-order valence-electron chi connectivity index (χ3n) is 3.72. The summed E-state index contributed by atoms with van der Waals surface area (Å²) in [6.07, 6.45) is 0.0365. The molecule has 5 heteroatoms. The molecule has 0 fully saturated rings. The Balaban J connectivity index is 1.62. The molecule has 1 aliphatic rings. The molecule has 0 saturated heterocycles. The van der Waals surface area contributed by atoms with E-state index in [0.717, 1.165) is 29.2 Å². The minimum absolute atomic E-state index is 0.0365. The number of nitrogen functional groups attached to an aromatic ring is 1. The minimum Gasteiger partial charge on any atom is -0.482 e. The van der Waals surface area contributed by atoms with Gasteiger partial charge in [0.05, 0.1) is 17.9 Å². The third kappa shape index (κ3) is 2.40. The first-order valence-electron chi connectivity index (χ1n) is 7.10. The van der Waals surface area contributed by atoms with Crippen LogP contribution >= 0.6 is 11.3 Å². The quantitative estimate of drug-likeness (QED) is 0.753. The van der Waals surface area contributed by atoms with E-state index in [1.807, 2.05) is 35.7 Å². The van der Waals surface area contributed by atoms with Gasteiger partial charge in [-0.2, -0.15) is 0 Å². The summed E-state index contributed by atoms with van der Waals surface area (Å²) in [5.41, 5.74) is 9.82. The van der Waals surface area contributed by atoms with E-state index in [9.17, 15) is 0 Å². The number of hydrogen-bond acceptors (Lipinski definition) is 5. The van der Waals surface area contributed by atoms with Crippen LogP contribution in [0, 0.1) is 0 Å². The number of nitrogens with two attached hydrogens (primary N) is 1. The summed E-state index contributed by atoms with van der Waals surface area (Å²) in [6, 6.07) is 16.3. The van der Waals surface area contributed by atoms with Crippen molar-refractivity contribution in [2.75, 3.05) is 17.6 Å². The predicted molar refractivity (Wildman–Crippen MR) is 90.3 cm³/mol. The molecule has 1 atom stereocenters. The van der Waals surface area contributed by atoms with Gasteiger partial charge in [0.15, 0.2) is 5.13 Å². The second-order valence-electron chi connectivity index (χ2n) is 5.18. The molecule has 3 N–H and O–H groups in total. The van der Waals surface area contributed by atoms with Crippen LogP contribution in [0.1, 0.15) is 11.7 Å². The molecule has 0 amide bonds. The molecule has 4 nitrogen and oxygen atoms in total. The van der Waals surface area contributed by atoms with Crippen LogP contribution < -0.4 is 15.8 Å².